The van der Waals surface area contributed by atoms with Crippen LogP contribution in [0.5, 0.6) is 5.75 Å². The van der Waals surface area contributed by atoms with E-state index in [4.69, 9.17) is 9.47 Å². The number of nitro benzene ring substituents is 1. The van der Waals surface area contributed by atoms with E-state index in [1.165, 1.54) is 24.4 Å². The fourth-order valence-corrected chi connectivity index (χ4v) is 3.50. The number of nitrogens with one attached hydrogen (secondary N) is 1. The largest absolute Gasteiger partial charge is 0.484 e. The van der Waals surface area contributed by atoms with Crippen molar-refractivity contribution in [3.05, 3.63) is 88.1 Å². The van der Waals surface area contributed by atoms with Crippen LogP contribution in [0.15, 0.2) is 72.0 Å². The number of hydrogen-bond donors (Lipinski definition) is 1. The number of nitro groups is 1. The van der Waals surface area contributed by atoms with Crippen LogP contribution >= 0.6 is 0 Å². The van der Waals surface area contributed by atoms with Gasteiger partial charge in [0.2, 0.25) is 0 Å². The molecule has 0 saturated heterocycles. The fraction of sp³-hybridized carbons (Fsp3) is 0.125. The number of esters is 1. The van der Waals surface area contributed by atoms with Crippen molar-refractivity contribution in [2.24, 2.45) is 5.10 Å². The second kappa shape index (κ2) is 9.82. The summed E-state index contributed by atoms with van der Waals surface area (Å²) in [5, 5.41) is 15.3. The van der Waals surface area contributed by atoms with E-state index in [-0.39, 0.29) is 18.9 Å². The topological polar surface area (TPSA) is 125 Å². The number of ether oxygens (including phenoxy) is 2. The predicted octanol–water partition coefficient (Wildman–Crippen LogP) is 3.71. The summed E-state index contributed by atoms with van der Waals surface area (Å²) >= 11 is 0. The number of hydrazone groups is 1. The third-order valence-corrected chi connectivity index (χ3v) is 4.95. The number of carbonyl (C=O) groups excluding carboxylic acids is 2. The van der Waals surface area contributed by atoms with Crippen LogP contribution in [0, 0.1) is 10.1 Å². The smallest absolute Gasteiger partial charge is 0.340 e. The van der Waals surface area contributed by atoms with E-state index in [9.17, 15) is 19.7 Å². The van der Waals surface area contributed by atoms with Crippen molar-refractivity contribution < 1.29 is 24.0 Å². The average Bonchev–Trinajstić information content (AvgIpc) is 3.17. The van der Waals surface area contributed by atoms with Gasteiger partial charge in [-0.25, -0.2) is 10.2 Å². The number of nitrogens with zero attached hydrogens (tertiary/aromatic N) is 3. The molecule has 0 atom stereocenters. The van der Waals surface area contributed by atoms with E-state index in [2.05, 4.69) is 10.5 Å². The summed E-state index contributed by atoms with van der Waals surface area (Å²) in [7, 11) is 0. The Bertz CT molecular complexity index is 1430. The molecule has 0 saturated carbocycles. The molecule has 1 N–H and O–H groups in total. The van der Waals surface area contributed by atoms with Gasteiger partial charge in [0.15, 0.2) is 6.61 Å². The number of aromatic nitrogens is 1. The van der Waals surface area contributed by atoms with Gasteiger partial charge in [-0.3, -0.25) is 14.9 Å². The molecule has 2 heterocycles. The number of pyridine rings is 1. The minimum absolute atomic E-state index is 0.0713. The van der Waals surface area contributed by atoms with E-state index in [0.717, 1.165) is 5.52 Å². The SMILES string of the molecule is CCOC(=O)c1c2ccc(OCC(=O)N/N=C/c3cccc([N+](=O)[O-])c3)cc2n2ccccc12. The van der Waals surface area contributed by atoms with Crippen molar-refractivity contribution in [2.45, 2.75) is 6.92 Å². The van der Waals surface area contributed by atoms with Gasteiger partial charge in [0.05, 0.1) is 34.3 Å². The van der Waals surface area contributed by atoms with Crippen molar-refractivity contribution in [1.82, 2.24) is 9.83 Å². The van der Waals surface area contributed by atoms with Gasteiger partial charge in [-0.2, -0.15) is 5.10 Å². The Labute approximate surface area is 193 Å². The molecule has 1 amide bonds. The highest BCUT2D eigenvalue weighted by Gasteiger charge is 2.19. The Kier molecular flexibility index (Phi) is 6.49. The van der Waals surface area contributed by atoms with Crippen LogP contribution in [0.1, 0.15) is 22.8 Å². The van der Waals surface area contributed by atoms with Gasteiger partial charge in [0.25, 0.3) is 11.6 Å². The zero-order valence-corrected chi connectivity index (χ0v) is 18.1. The quantitative estimate of drug-likeness (QED) is 0.185. The Hall–Kier alpha value is -4.73. The first kappa shape index (κ1) is 22.5. The lowest BCUT2D eigenvalue weighted by Gasteiger charge is -2.06. The lowest BCUT2D eigenvalue weighted by molar-refractivity contribution is -0.384. The third kappa shape index (κ3) is 4.70. The fourth-order valence-electron chi connectivity index (χ4n) is 3.50. The summed E-state index contributed by atoms with van der Waals surface area (Å²) in [6, 6.07) is 16.5. The number of rotatable bonds is 8. The Morgan fingerprint density at radius 1 is 1.12 bits per heavy atom. The molecule has 0 aliphatic carbocycles. The first-order valence-corrected chi connectivity index (χ1v) is 10.4. The highest BCUT2D eigenvalue weighted by molar-refractivity contribution is 6.12. The van der Waals surface area contributed by atoms with E-state index < -0.39 is 16.8 Å². The third-order valence-electron chi connectivity index (χ3n) is 4.95. The molecule has 0 aliphatic rings. The molecule has 0 aliphatic heterocycles. The Morgan fingerprint density at radius 3 is 2.76 bits per heavy atom. The summed E-state index contributed by atoms with van der Waals surface area (Å²) in [5.41, 5.74) is 4.63. The Morgan fingerprint density at radius 2 is 1.97 bits per heavy atom. The van der Waals surface area contributed by atoms with Gasteiger partial charge in [-0.1, -0.05) is 18.2 Å². The van der Waals surface area contributed by atoms with Gasteiger partial charge in [0, 0.05) is 35.3 Å². The maximum atomic E-state index is 12.5. The number of benzene rings is 2. The second-order valence-electron chi connectivity index (χ2n) is 7.16. The number of amides is 1. The molecule has 0 spiro atoms. The molecule has 2 aromatic heterocycles. The number of carbonyl (C=O) groups is 2. The van der Waals surface area contributed by atoms with Gasteiger partial charge >= 0.3 is 5.97 Å². The molecule has 0 unspecified atom stereocenters. The zero-order chi connectivity index (χ0) is 24.1. The molecule has 0 radical (unpaired) electrons. The molecule has 172 valence electrons. The lowest BCUT2D eigenvalue weighted by atomic mass is 10.1. The van der Waals surface area contributed by atoms with E-state index in [1.807, 2.05) is 28.8 Å². The minimum Gasteiger partial charge on any atom is -0.484 e. The Balaban J connectivity index is 1.46. The monoisotopic (exact) mass is 460 g/mol. The highest BCUT2D eigenvalue weighted by Crippen LogP contribution is 2.30. The molecule has 2 aromatic carbocycles. The summed E-state index contributed by atoms with van der Waals surface area (Å²) in [6.07, 6.45) is 3.14. The lowest BCUT2D eigenvalue weighted by Crippen LogP contribution is -2.24. The van der Waals surface area contributed by atoms with E-state index in [0.29, 0.717) is 27.8 Å². The molecular weight excluding hydrogens is 440 g/mol. The van der Waals surface area contributed by atoms with Crippen molar-refractivity contribution in [3.63, 3.8) is 0 Å². The van der Waals surface area contributed by atoms with E-state index in [1.54, 1.807) is 31.2 Å². The van der Waals surface area contributed by atoms with Gasteiger partial charge in [-0.15, -0.1) is 0 Å². The van der Waals surface area contributed by atoms with Crippen LogP contribution in [0.25, 0.3) is 16.4 Å². The molecule has 4 rings (SSSR count). The molecule has 4 aromatic rings. The number of fused-ring (bicyclic) bond motifs is 3. The molecule has 0 fully saturated rings. The predicted molar refractivity (Wildman–Crippen MR) is 125 cm³/mol. The van der Waals surface area contributed by atoms with Crippen molar-refractivity contribution >= 4 is 40.2 Å². The molecule has 10 heteroatoms. The summed E-state index contributed by atoms with van der Waals surface area (Å²) < 4.78 is 12.7. The van der Waals surface area contributed by atoms with Crippen LogP contribution in [0.2, 0.25) is 0 Å². The van der Waals surface area contributed by atoms with Gasteiger partial charge in [-0.05, 0) is 31.2 Å². The first-order chi connectivity index (χ1) is 16.5. The summed E-state index contributed by atoms with van der Waals surface area (Å²) in [5.74, 6) is -0.478. The summed E-state index contributed by atoms with van der Waals surface area (Å²) in [6.45, 7) is 1.72. The minimum atomic E-state index is -0.509. The molecule has 10 nitrogen and oxygen atoms in total. The van der Waals surface area contributed by atoms with Crippen LogP contribution in [-0.4, -0.2) is 40.6 Å². The van der Waals surface area contributed by atoms with Gasteiger partial charge < -0.3 is 13.9 Å². The van der Waals surface area contributed by atoms with Crippen LogP contribution in [0.3, 0.4) is 0 Å². The maximum absolute atomic E-state index is 12.5. The maximum Gasteiger partial charge on any atom is 0.340 e. The summed E-state index contributed by atoms with van der Waals surface area (Å²) in [4.78, 5) is 34.9. The van der Waals surface area contributed by atoms with E-state index >= 15 is 0 Å². The molecular formula is C24H20N4O6. The van der Waals surface area contributed by atoms with Crippen LogP contribution in [-0.2, 0) is 9.53 Å². The molecule has 34 heavy (non-hydrogen) atoms. The normalized spacial score (nSPS) is 11.1. The van der Waals surface area contributed by atoms with Crippen LogP contribution < -0.4 is 10.2 Å². The average molecular weight is 460 g/mol. The van der Waals surface area contributed by atoms with Crippen molar-refractivity contribution in [3.8, 4) is 5.75 Å². The first-order valence-electron chi connectivity index (χ1n) is 10.4. The second-order valence-corrected chi connectivity index (χ2v) is 7.16. The van der Waals surface area contributed by atoms with Gasteiger partial charge in [0.1, 0.15) is 5.75 Å². The van der Waals surface area contributed by atoms with Crippen LogP contribution in [0.4, 0.5) is 5.69 Å². The number of non-ortho nitro benzene ring substituents is 1. The standard InChI is InChI=1S/C24H20N4O6/c1-2-33-24(30)23-19-10-9-18(13-21(19)27-11-4-3-8-20(23)27)34-15-22(29)26-25-14-16-6-5-7-17(12-16)28(31)32/h3-14H,2,15H2,1H3,(H,26,29)/b25-14+. The van der Waals surface area contributed by atoms with Crippen molar-refractivity contribution in [1.29, 1.82) is 0 Å². The zero-order valence-electron chi connectivity index (χ0n) is 18.1. The number of hydrogen-bond acceptors (Lipinski definition) is 7. The van der Waals surface area contributed by atoms with Crippen molar-refractivity contribution in [2.75, 3.05) is 13.2 Å². The highest BCUT2D eigenvalue weighted by atomic mass is 16.6. The molecule has 0 bridgehead atoms.